The zero-order valence-corrected chi connectivity index (χ0v) is 18.2. The fourth-order valence-electron chi connectivity index (χ4n) is 3.63. The number of hydrogen-bond donors (Lipinski definition) is 2. The van der Waals surface area contributed by atoms with E-state index in [0.717, 1.165) is 30.2 Å². The monoisotopic (exact) mass is 464 g/mol. The second-order valence-electron chi connectivity index (χ2n) is 7.69. The number of nitrogens with one attached hydrogen (secondary N) is 1. The summed E-state index contributed by atoms with van der Waals surface area (Å²) in [5.41, 5.74) is 5.52. The third-order valence-electron chi connectivity index (χ3n) is 5.35. The van der Waals surface area contributed by atoms with Crippen LogP contribution >= 0.6 is 11.8 Å². The number of nitrogens with two attached hydrogens (primary N) is 1. The van der Waals surface area contributed by atoms with Crippen molar-refractivity contribution in [1.82, 2.24) is 24.3 Å². The Balaban J connectivity index is 1.43. The van der Waals surface area contributed by atoms with Crippen LogP contribution in [0.1, 0.15) is 34.8 Å². The Morgan fingerprint density at radius 3 is 2.64 bits per heavy atom. The predicted molar refractivity (Wildman–Crippen MR) is 122 cm³/mol. The first-order valence-electron chi connectivity index (χ1n) is 10.3. The van der Waals surface area contributed by atoms with Crippen LogP contribution in [0.2, 0.25) is 0 Å². The number of H-pyrrole nitrogens is 1. The van der Waals surface area contributed by atoms with Gasteiger partial charge in [0.2, 0.25) is 5.82 Å². The molecule has 1 aliphatic rings. The molecule has 0 bridgehead atoms. The van der Waals surface area contributed by atoms with Crippen molar-refractivity contribution in [3.8, 4) is 11.6 Å². The number of Topliss-reactive ketones (excluding diaryl/α,β-unsaturated/α-hetero) is 1. The third-order valence-corrected chi connectivity index (χ3v) is 6.31. The Hall–Kier alpha value is -3.86. The van der Waals surface area contributed by atoms with Crippen molar-refractivity contribution < 1.29 is 9.21 Å². The maximum absolute atomic E-state index is 13.0. The van der Waals surface area contributed by atoms with E-state index >= 15 is 0 Å². The van der Waals surface area contributed by atoms with Crippen molar-refractivity contribution >= 4 is 23.4 Å². The molecule has 0 amide bonds. The Morgan fingerprint density at radius 2 is 1.94 bits per heavy atom. The summed E-state index contributed by atoms with van der Waals surface area (Å²) in [6.45, 7) is 0.468. The molecule has 11 heteroatoms. The van der Waals surface area contributed by atoms with Gasteiger partial charge in [-0.2, -0.15) is 0 Å². The minimum absolute atomic E-state index is 0.0709. The largest absolute Gasteiger partial charge is 0.461 e. The maximum Gasteiger partial charge on any atom is 0.330 e. The molecule has 1 aromatic carbocycles. The minimum atomic E-state index is -0.776. The van der Waals surface area contributed by atoms with Crippen LogP contribution in [0.15, 0.2) is 67.9 Å². The molecule has 4 aromatic rings. The van der Waals surface area contributed by atoms with E-state index in [1.165, 1.54) is 4.57 Å². The number of aromatic nitrogens is 5. The fraction of sp³-hybridized carbons (Fsp3) is 0.227. The van der Waals surface area contributed by atoms with Crippen LogP contribution in [0.3, 0.4) is 0 Å². The molecular formula is C22H20N6O4S. The van der Waals surface area contributed by atoms with E-state index < -0.39 is 17.0 Å². The van der Waals surface area contributed by atoms with E-state index in [0.29, 0.717) is 23.3 Å². The lowest BCUT2D eigenvalue weighted by atomic mass is 10.2. The fourth-order valence-corrected chi connectivity index (χ4v) is 4.44. The second kappa shape index (κ2) is 8.58. The SMILES string of the molecule is Nc1c(C(=O)CSc2nnc(-c3ccco3)n2Cc2ccccc2)c(=O)[nH]c(=O)n1C1CC1. The average Bonchev–Trinajstić information content (AvgIpc) is 3.31. The number of thioether (sulfide) groups is 1. The number of ketones is 1. The van der Waals surface area contributed by atoms with Gasteiger partial charge in [0, 0.05) is 6.04 Å². The Bertz CT molecular complexity index is 1420. The zero-order chi connectivity index (χ0) is 22.9. The van der Waals surface area contributed by atoms with Crippen molar-refractivity contribution in [2.75, 3.05) is 11.5 Å². The molecule has 3 N–H and O–H groups in total. The third kappa shape index (κ3) is 4.14. The van der Waals surface area contributed by atoms with Gasteiger partial charge in [-0.1, -0.05) is 42.1 Å². The van der Waals surface area contributed by atoms with Crippen LogP contribution in [0.5, 0.6) is 0 Å². The second-order valence-corrected chi connectivity index (χ2v) is 8.63. The molecule has 0 unspecified atom stereocenters. The van der Waals surface area contributed by atoms with Gasteiger partial charge in [-0.3, -0.25) is 23.7 Å². The van der Waals surface area contributed by atoms with Crippen molar-refractivity contribution in [2.45, 2.75) is 30.6 Å². The van der Waals surface area contributed by atoms with Gasteiger partial charge in [-0.15, -0.1) is 10.2 Å². The zero-order valence-electron chi connectivity index (χ0n) is 17.4. The average molecular weight is 465 g/mol. The number of aromatic amines is 1. The molecule has 3 heterocycles. The summed E-state index contributed by atoms with van der Waals surface area (Å²) in [5.74, 6) is 0.411. The molecule has 1 saturated carbocycles. The van der Waals surface area contributed by atoms with Crippen LogP contribution < -0.4 is 17.0 Å². The predicted octanol–water partition coefficient (Wildman–Crippen LogP) is 2.33. The quantitative estimate of drug-likeness (QED) is 0.299. The molecule has 5 rings (SSSR count). The van der Waals surface area contributed by atoms with Crippen LogP contribution in [-0.2, 0) is 6.54 Å². The highest BCUT2D eigenvalue weighted by Crippen LogP contribution is 2.35. The van der Waals surface area contributed by atoms with Gasteiger partial charge >= 0.3 is 5.69 Å². The molecular weight excluding hydrogens is 444 g/mol. The lowest BCUT2D eigenvalue weighted by molar-refractivity contribution is 0.102. The van der Waals surface area contributed by atoms with Gasteiger partial charge in [0.05, 0.1) is 18.6 Å². The molecule has 33 heavy (non-hydrogen) atoms. The van der Waals surface area contributed by atoms with E-state index in [9.17, 15) is 14.4 Å². The van der Waals surface area contributed by atoms with Crippen LogP contribution in [0, 0.1) is 0 Å². The van der Waals surface area contributed by atoms with E-state index in [-0.39, 0.29) is 23.2 Å². The lowest BCUT2D eigenvalue weighted by Crippen LogP contribution is -2.36. The number of anilines is 1. The number of hydrogen-bond acceptors (Lipinski definition) is 8. The van der Waals surface area contributed by atoms with Crippen molar-refractivity contribution in [3.05, 3.63) is 80.7 Å². The number of carbonyl (C=O) groups excluding carboxylic acids is 1. The minimum Gasteiger partial charge on any atom is -0.461 e. The topological polar surface area (TPSA) is 142 Å². The molecule has 0 spiro atoms. The number of nitrogen functional groups attached to an aromatic ring is 1. The normalized spacial score (nSPS) is 13.3. The first kappa shape index (κ1) is 21.0. The van der Waals surface area contributed by atoms with Crippen LogP contribution in [-0.4, -0.2) is 35.9 Å². The highest BCUT2D eigenvalue weighted by Gasteiger charge is 2.30. The van der Waals surface area contributed by atoms with E-state index in [2.05, 4.69) is 15.2 Å². The highest BCUT2D eigenvalue weighted by molar-refractivity contribution is 7.99. The number of carbonyl (C=O) groups is 1. The van der Waals surface area contributed by atoms with E-state index in [1.807, 2.05) is 34.9 Å². The van der Waals surface area contributed by atoms with E-state index in [4.69, 9.17) is 10.2 Å². The first-order chi connectivity index (χ1) is 16.0. The smallest absolute Gasteiger partial charge is 0.330 e. The number of furan rings is 1. The summed E-state index contributed by atoms with van der Waals surface area (Å²) in [5, 5.41) is 8.98. The molecule has 0 saturated heterocycles. The number of benzene rings is 1. The van der Waals surface area contributed by atoms with Gasteiger partial charge in [0.25, 0.3) is 5.56 Å². The van der Waals surface area contributed by atoms with Gasteiger partial charge in [0.1, 0.15) is 11.4 Å². The van der Waals surface area contributed by atoms with Gasteiger partial charge in [0.15, 0.2) is 16.7 Å². The molecule has 1 fully saturated rings. The van der Waals surface area contributed by atoms with Crippen LogP contribution in [0.25, 0.3) is 11.6 Å². The summed E-state index contributed by atoms with van der Waals surface area (Å²) in [4.78, 5) is 39.6. The van der Waals surface area contributed by atoms with Crippen molar-refractivity contribution in [3.63, 3.8) is 0 Å². The molecule has 0 aliphatic heterocycles. The number of rotatable bonds is 8. The van der Waals surface area contributed by atoms with Gasteiger partial charge < -0.3 is 10.2 Å². The maximum atomic E-state index is 13.0. The van der Waals surface area contributed by atoms with E-state index in [1.54, 1.807) is 18.4 Å². The number of nitrogens with zero attached hydrogens (tertiary/aromatic N) is 4. The van der Waals surface area contributed by atoms with Gasteiger partial charge in [-0.05, 0) is 30.5 Å². The summed E-state index contributed by atoms with van der Waals surface area (Å²) < 4.78 is 8.65. The van der Waals surface area contributed by atoms with Crippen LogP contribution in [0.4, 0.5) is 5.82 Å². The van der Waals surface area contributed by atoms with Crippen molar-refractivity contribution in [2.24, 2.45) is 0 Å². The summed E-state index contributed by atoms with van der Waals surface area (Å²) in [6.07, 6.45) is 3.13. The Morgan fingerprint density at radius 1 is 1.15 bits per heavy atom. The first-order valence-corrected chi connectivity index (χ1v) is 11.3. The summed E-state index contributed by atoms with van der Waals surface area (Å²) in [6, 6.07) is 13.2. The Labute approximate surface area is 191 Å². The molecule has 3 aromatic heterocycles. The lowest BCUT2D eigenvalue weighted by Gasteiger charge is -2.11. The molecule has 10 nitrogen and oxygen atoms in total. The highest BCUT2D eigenvalue weighted by atomic mass is 32.2. The Kier molecular flexibility index (Phi) is 5.47. The molecule has 1 aliphatic carbocycles. The van der Waals surface area contributed by atoms with Gasteiger partial charge in [-0.25, -0.2) is 4.79 Å². The molecule has 0 atom stereocenters. The molecule has 0 radical (unpaired) electrons. The van der Waals surface area contributed by atoms with Crippen molar-refractivity contribution in [1.29, 1.82) is 0 Å². The summed E-state index contributed by atoms with van der Waals surface area (Å²) in [7, 11) is 0. The summed E-state index contributed by atoms with van der Waals surface area (Å²) >= 11 is 1.14. The standard InChI is InChI=1S/C22H20N6O4S/c23-18-17(20(30)24-21(31)28(18)14-8-9-14)15(29)12-33-22-26-25-19(16-7-4-10-32-16)27(22)11-13-5-2-1-3-6-13/h1-7,10,14H,8-9,11-12,23H2,(H,24,30,31). The molecule has 168 valence electrons.